The van der Waals surface area contributed by atoms with Crippen LogP contribution < -0.4 is 0 Å². The number of aromatic nitrogens is 1. The van der Waals surface area contributed by atoms with E-state index in [0.717, 1.165) is 11.3 Å². The lowest BCUT2D eigenvalue weighted by Crippen LogP contribution is -2.07. The lowest BCUT2D eigenvalue weighted by atomic mass is 10.1. The Morgan fingerprint density at radius 3 is 2.64 bits per heavy atom. The molecule has 14 heavy (non-hydrogen) atoms. The van der Waals surface area contributed by atoms with Crippen molar-refractivity contribution in [2.24, 2.45) is 0 Å². The molecular formula is C10H12ClNO2. The highest BCUT2D eigenvalue weighted by atomic mass is 35.5. The summed E-state index contributed by atoms with van der Waals surface area (Å²) in [7, 11) is 1.35. The molecule has 0 aliphatic heterocycles. The van der Waals surface area contributed by atoms with Gasteiger partial charge in [0.05, 0.1) is 18.4 Å². The van der Waals surface area contributed by atoms with Gasteiger partial charge < -0.3 is 4.74 Å². The first-order valence-electron chi connectivity index (χ1n) is 4.21. The van der Waals surface area contributed by atoms with Crippen LogP contribution >= 0.6 is 11.6 Å². The first-order valence-corrected chi connectivity index (χ1v) is 4.75. The number of aryl methyl sites for hydroxylation is 2. The summed E-state index contributed by atoms with van der Waals surface area (Å²) < 4.78 is 4.63. The summed E-state index contributed by atoms with van der Waals surface area (Å²) in [6.07, 6.45) is 0. The topological polar surface area (TPSA) is 39.2 Å². The van der Waals surface area contributed by atoms with Crippen LogP contribution in [0.4, 0.5) is 0 Å². The van der Waals surface area contributed by atoms with Crippen molar-refractivity contribution >= 4 is 17.6 Å². The van der Waals surface area contributed by atoms with Crippen LogP contribution in [0, 0.1) is 13.8 Å². The average Bonchev–Trinajstić information content (AvgIpc) is 2.17. The number of methoxy groups -OCH3 is 1. The van der Waals surface area contributed by atoms with Gasteiger partial charge in [-0.15, -0.1) is 11.6 Å². The second-order valence-electron chi connectivity index (χ2n) is 2.99. The Morgan fingerprint density at radius 2 is 2.14 bits per heavy atom. The zero-order chi connectivity index (χ0) is 10.7. The summed E-state index contributed by atoms with van der Waals surface area (Å²) in [5.74, 6) is -0.0234. The molecule has 0 aliphatic rings. The third kappa shape index (κ3) is 2.04. The fourth-order valence-electron chi connectivity index (χ4n) is 1.22. The van der Waals surface area contributed by atoms with Crippen LogP contribution in [0.5, 0.6) is 0 Å². The molecule has 0 atom stereocenters. The lowest BCUT2D eigenvalue weighted by Gasteiger charge is -2.07. The van der Waals surface area contributed by atoms with Gasteiger partial charge in [-0.3, -0.25) is 4.98 Å². The van der Waals surface area contributed by atoms with E-state index < -0.39 is 0 Å². The first-order chi connectivity index (χ1) is 6.60. The molecule has 0 unspecified atom stereocenters. The van der Waals surface area contributed by atoms with Crippen molar-refractivity contribution < 1.29 is 9.53 Å². The molecule has 0 fully saturated rings. The summed E-state index contributed by atoms with van der Waals surface area (Å²) in [5.41, 5.74) is 2.86. The van der Waals surface area contributed by atoms with Gasteiger partial charge in [-0.25, -0.2) is 4.79 Å². The number of hydrogen-bond donors (Lipinski definition) is 0. The highest BCUT2D eigenvalue weighted by Crippen LogP contribution is 2.15. The minimum atomic E-state index is -0.374. The van der Waals surface area contributed by atoms with Crippen molar-refractivity contribution in [3.63, 3.8) is 0 Å². The molecule has 0 saturated heterocycles. The van der Waals surface area contributed by atoms with Crippen molar-refractivity contribution in [1.82, 2.24) is 4.98 Å². The fourth-order valence-corrected chi connectivity index (χ4v) is 1.49. The highest BCUT2D eigenvalue weighted by Gasteiger charge is 2.12. The van der Waals surface area contributed by atoms with Gasteiger partial charge in [0.15, 0.2) is 0 Å². The predicted molar refractivity (Wildman–Crippen MR) is 54.6 cm³/mol. The van der Waals surface area contributed by atoms with Gasteiger partial charge in [0.2, 0.25) is 0 Å². The van der Waals surface area contributed by atoms with E-state index in [1.807, 2.05) is 6.92 Å². The van der Waals surface area contributed by atoms with E-state index in [1.165, 1.54) is 7.11 Å². The Hall–Kier alpha value is -1.09. The van der Waals surface area contributed by atoms with Crippen LogP contribution in [0.1, 0.15) is 27.3 Å². The number of ether oxygens (including phenoxy) is 1. The SMILES string of the molecule is COC(=O)c1cc(CCl)c(C)nc1C. The van der Waals surface area contributed by atoms with Crippen molar-refractivity contribution in [2.45, 2.75) is 19.7 Å². The Kier molecular flexibility index (Phi) is 3.47. The molecule has 1 heterocycles. The summed E-state index contributed by atoms with van der Waals surface area (Å²) in [6, 6.07) is 1.73. The van der Waals surface area contributed by atoms with E-state index >= 15 is 0 Å². The number of hydrogen-bond acceptors (Lipinski definition) is 3. The van der Waals surface area contributed by atoms with E-state index in [4.69, 9.17) is 11.6 Å². The Morgan fingerprint density at radius 1 is 1.50 bits per heavy atom. The van der Waals surface area contributed by atoms with Gasteiger partial charge in [0.1, 0.15) is 0 Å². The monoisotopic (exact) mass is 213 g/mol. The molecule has 0 aromatic carbocycles. The van der Waals surface area contributed by atoms with E-state index in [-0.39, 0.29) is 5.97 Å². The average molecular weight is 214 g/mol. The zero-order valence-corrected chi connectivity index (χ0v) is 9.18. The quantitative estimate of drug-likeness (QED) is 0.559. The molecule has 0 saturated carbocycles. The molecule has 1 aromatic rings. The molecule has 0 N–H and O–H groups in total. The summed E-state index contributed by atoms with van der Waals surface area (Å²) >= 11 is 5.71. The van der Waals surface area contributed by atoms with E-state index in [0.29, 0.717) is 17.1 Å². The van der Waals surface area contributed by atoms with E-state index in [2.05, 4.69) is 9.72 Å². The molecule has 0 spiro atoms. The molecule has 1 aromatic heterocycles. The number of halogens is 1. The maximum atomic E-state index is 11.3. The third-order valence-corrected chi connectivity index (χ3v) is 2.35. The molecule has 0 bridgehead atoms. The van der Waals surface area contributed by atoms with Crippen LogP contribution in [-0.2, 0) is 10.6 Å². The van der Waals surface area contributed by atoms with Crippen molar-refractivity contribution in [3.05, 3.63) is 28.6 Å². The maximum Gasteiger partial charge on any atom is 0.339 e. The molecule has 0 radical (unpaired) electrons. The van der Waals surface area contributed by atoms with Crippen molar-refractivity contribution in [1.29, 1.82) is 0 Å². The van der Waals surface area contributed by atoms with Crippen LogP contribution in [0.15, 0.2) is 6.07 Å². The number of pyridine rings is 1. The number of alkyl halides is 1. The summed E-state index contributed by atoms with van der Waals surface area (Å²) in [6.45, 7) is 3.64. The third-order valence-electron chi connectivity index (χ3n) is 2.06. The minimum Gasteiger partial charge on any atom is -0.465 e. The van der Waals surface area contributed by atoms with Crippen molar-refractivity contribution in [3.8, 4) is 0 Å². The van der Waals surface area contributed by atoms with E-state index in [1.54, 1.807) is 13.0 Å². The molecule has 76 valence electrons. The van der Waals surface area contributed by atoms with Crippen LogP contribution in [-0.4, -0.2) is 18.1 Å². The molecule has 1 rings (SSSR count). The number of rotatable bonds is 2. The van der Waals surface area contributed by atoms with E-state index in [9.17, 15) is 4.79 Å². The second kappa shape index (κ2) is 4.42. The highest BCUT2D eigenvalue weighted by molar-refractivity contribution is 6.17. The summed E-state index contributed by atoms with van der Waals surface area (Å²) in [5, 5.41) is 0. The lowest BCUT2D eigenvalue weighted by molar-refractivity contribution is 0.0599. The second-order valence-corrected chi connectivity index (χ2v) is 3.26. The maximum absolute atomic E-state index is 11.3. The van der Waals surface area contributed by atoms with Crippen molar-refractivity contribution in [2.75, 3.05) is 7.11 Å². The number of carbonyl (C=O) groups excluding carboxylic acids is 1. The van der Waals surface area contributed by atoms with Gasteiger partial charge in [-0.1, -0.05) is 0 Å². The van der Waals surface area contributed by atoms with Crippen LogP contribution in [0.25, 0.3) is 0 Å². The molecule has 0 amide bonds. The smallest absolute Gasteiger partial charge is 0.339 e. The minimum absolute atomic E-state index is 0.350. The zero-order valence-electron chi connectivity index (χ0n) is 8.43. The van der Waals surface area contributed by atoms with Crippen LogP contribution in [0.3, 0.4) is 0 Å². The Labute approximate surface area is 88.1 Å². The molecular weight excluding hydrogens is 202 g/mol. The standard InChI is InChI=1S/C10H12ClNO2/c1-6-8(5-11)4-9(7(2)12-6)10(13)14-3/h4H,5H2,1-3H3. The number of carbonyl (C=O) groups is 1. The Bertz CT molecular complexity index is 363. The van der Waals surface area contributed by atoms with Gasteiger partial charge in [0, 0.05) is 11.6 Å². The normalized spacial score (nSPS) is 10.0. The van der Waals surface area contributed by atoms with Gasteiger partial charge in [-0.2, -0.15) is 0 Å². The number of nitrogens with zero attached hydrogens (tertiary/aromatic N) is 1. The predicted octanol–water partition coefficient (Wildman–Crippen LogP) is 2.22. The van der Waals surface area contributed by atoms with Gasteiger partial charge >= 0.3 is 5.97 Å². The molecule has 4 heteroatoms. The summed E-state index contributed by atoms with van der Waals surface area (Å²) in [4.78, 5) is 15.5. The van der Waals surface area contributed by atoms with Crippen LogP contribution in [0.2, 0.25) is 0 Å². The number of esters is 1. The largest absolute Gasteiger partial charge is 0.465 e. The van der Waals surface area contributed by atoms with Gasteiger partial charge in [0.25, 0.3) is 0 Å². The van der Waals surface area contributed by atoms with Gasteiger partial charge in [-0.05, 0) is 25.5 Å². The molecule has 0 aliphatic carbocycles. The first kappa shape index (κ1) is 11.0. The Balaban J connectivity index is 3.24. The molecule has 3 nitrogen and oxygen atoms in total. The fraction of sp³-hybridized carbons (Fsp3) is 0.400.